The molecule has 0 radical (unpaired) electrons. The summed E-state index contributed by atoms with van der Waals surface area (Å²) in [4.78, 5) is 24.6. The number of hydrogen-bond donors (Lipinski definition) is 1. The number of fused-ring (bicyclic) bond motifs is 1. The maximum Gasteiger partial charge on any atom is 0.257 e. The molecular weight excluding hydrogens is 342 g/mol. The maximum absolute atomic E-state index is 12.7. The molecule has 0 bridgehead atoms. The van der Waals surface area contributed by atoms with Crippen molar-refractivity contribution in [1.29, 1.82) is 0 Å². The normalized spacial score (nSPS) is 27.8. The van der Waals surface area contributed by atoms with Crippen molar-refractivity contribution < 1.29 is 13.2 Å². The van der Waals surface area contributed by atoms with Crippen LogP contribution in [0.25, 0.3) is 0 Å². The van der Waals surface area contributed by atoms with E-state index in [1.54, 1.807) is 4.90 Å². The predicted molar refractivity (Wildman–Crippen MR) is 95.2 cm³/mol. The zero-order valence-electron chi connectivity index (χ0n) is 15.0. The van der Waals surface area contributed by atoms with Crippen LogP contribution in [0.2, 0.25) is 0 Å². The summed E-state index contributed by atoms with van der Waals surface area (Å²) in [5.41, 5.74) is 0.382. The Balaban J connectivity index is 1.74. The highest BCUT2D eigenvalue weighted by Crippen LogP contribution is 2.36. The lowest BCUT2D eigenvalue weighted by Crippen LogP contribution is -2.38. The smallest absolute Gasteiger partial charge is 0.257 e. The second kappa shape index (κ2) is 6.53. The minimum Gasteiger partial charge on any atom is -0.352 e. The standard InChI is InChI=1S/C16H25N5O3S/c1-10(2)19-16-17-5-11(6-18-16)15(22)21-7-12-13(20(3)4)9-25(23,24)14(12)8-21/h5-6,10,12-14H,7-9H2,1-4H3,(H,17,18,19)/t12-,13+,14-/m0/s1. The average Bonchev–Trinajstić information content (AvgIpc) is 3.06. The van der Waals surface area contributed by atoms with Crippen LogP contribution in [0, 0.1) is 5.92 Å². The van der Waals surface area contributed by atoms with Crippen molar-refractivity contribution in [2.75, 3.05) is 38.3 Å². The summed E-state index contributed by atoms with van der Waals surface area (Å²) in [6.45, 7) is 4.67. The molecule has 0 aliphatic carbocycles. The van der Waals surface area contributed by atoms with Crippen LogP contribution < -0.4 is 5.32 Å². The van der Waals surface area contributed by atoms with Crippen LogP contribution in [-0.4, -0.2) is 84.4 Å². The molecule has 3 rings (SSSR count). The van der Waals surface area contributed by atoms with Crippen molar-refractivity contribution >= 4 is 21.7 Å². The van der Waals surface area contributed by atoms with Gasteiger partial charge in [0.25, 0.3) is 5.91 Å². The second-order valence-corrected chi connectivity index (χ2v) is 9.63. The Kier molecular flexibility index (Phi) is 4.72. The van der Waals surface area contributed by atoms with E-state index in [9.17, 15) is 13.2 Å². The van der Waals surface area contributed by atoms with Crippen molar-refractivity contribution in [3.05, 3.63) is 18.0 Å². The van der Waals surface area contributed by atoms with E-state index in [4.69, 9.17) is 0 Å². The first-order chi connectivity index (χ1) is 11.7. The van der Waals surface area contributed by atoms with Crippen LogP contribution in [0.15, 0.2) is 12.4 Å². The fourth-order valence-electron chi connectivity index (χ4n) is 3.69. The summed E-state index contributed by atoms with van der Waals surface area (Å²) in [5.74, 6) is 0.404. The predicted octanol–water partition coefficient (Wildman–Crippen LogP) is 0.0961. The second-order valence-electron chi connectivity index (χ2n) is 7.37. The molecule has 1 aromatic heterocycles. The number of amides is 1. The third kappa shape index (κ3) is 3.48. The van der Waals surface area contributed by atoms with E-state index in [-0.39, 0.29) is 36.2 Å². The number of nitrogens with zero attached hydrogens (tertiary/aromatic N) is 4. The molecule has 1 aromatic rings. The maximum atomic E-state index is 12.7. The fourth-order valence-corrected chi connectivity index (χ4v) is 6.16. The zero-order valence-corrected chi connectivity index (χ0v) is 15.8. The van der Waals surface area contributed by atoms with E-state index in [0.717, 1.165) is 0 Å². The van der Waals surface area contributed by atoms with Gasteiger partial charge in [-0.2, -0.15) is 0 Å². The summed E-state index contributed by atoms with van der Waals surface area (Å²) < 4.78 is 24.8. The Morgan fingerprint density at radius 2 is 1.92 bits per heavy atom. The summed E-state index contributed by atoms with van der Waals surface area (Å²) in [7, 11) is 0.617. The molecule has 2 aliphatic rings. The largest absolute Gasteiger partial charge is 0.352 e. The van der Waals surface area contributed by atoms with Gasteiger partial charge in [0, 0.05) is 43.5 Å². The zero-order chi connectivity index (χ0) is 18.4. The topological polar surface area (TPSA) is 95.5 Å². The van der Waals surface area contributed by atoms with E-state index in [1.165, 1.54) is 12.4 Å². The summed E-state index contributed by atoms with van der Waals surface area (Å²) >= 11 is 0. The van der Waals surface area contributed by atoms with Crippen molar-refractivity contribution in [3.8, 4) is 0 Å². The molecule has 1 N–H and O–H groups in total. The molecule has 9 heteroatoms. The number of sulfone groups is 1. The van der Waals surface area contributed by atoms with Gasteiger partial charge in [-0.15, -0.1) is 0 Å². The number of rotatable bonds is 4. The lowest BCUT2D eigenvalue weighted by molar-refractivity contribution is 0.0779. The SMILES string of the molecule is CC(C)Nc1ncc(C(=O)N2C[C@H]3[C@H](N(C)C)CS(=O)(=O)[C@H]3C2)cn1. The third-order valence-corrected chi connectivity index (χ3v) is 7.16. The third-order valence-electron chi connectivity index (χ3n) is 4.93. The molecule has 0 aromatic carbocycles. The molecular formula is C16H25N5O3S. The van der Waals surface area contributed by atoms with Gasteiger partial charge in [0.2, 0.25) is 5.95 Å². The van der Waals surface area contributed by atoms with Gasteiger partial charge in [-0.05, 0) is 27.9 Å². The molecule has 2 aliphatic heterocycles. The van der Waals surface area contributed by atoms with E-state index in [2.05, 4.69) is 15.3 Å². The van der Waals surface area contributed by atoms with E-state index in [1.807, 2.05) is 32.8 Å². The molecule has 1 amide bonds. The Morgan fingerprint density at radius 1 is 1.28 bits per heavy atom. The fraction of sp³-hybridized carbons (Fsp3) is 0.688. The monoisotopic (exact) mass is 367 g/mol. The van der Waals surface area contributed by atoms with Crippen molar-refractivity contribution in [2.45, 2.75) is 31.2 Å². The van der Waals surface area contributed by atoms with Gasteiger partial charge in [-0.25, -0.2) is 18.4 Å². The summed E-state index contributed by atoms with van der Waals surface area (Å²) in [6, 6.07) is 0.161. The van der Waals surface area contributed by atoms with Gasteiger partial charge in [0.15, 0.2) is 9.84 Å². The molecule has 0 saturated carbocycles. The van der Waals surface area contributed by atoms with Crippen molar-refractivity contribution in [1.82, 2.24) is 19.8 Å². The molecule has 0 spiro atoms. The van der Waals surface area contributed by atoms with Gasteiger partial charge in [-0.3, -0.25) is 4.79 Å². The van der Waals surface area contributed by atoms with Gasteiger partial charge in [-0.1, -0.05) is 0 Å². The molecule has 2 fully saturated rings. The first kappa shape index (κ1) is 18.1. The highest BCUT2D eigenvalue weighted by atomic mass is 32.2. The van der Waals surface area contributed by atoms with Crippen LogP contribution >= 0.6 is 0 Å². The molecule has 25 heavy (non-hydrogen) atoms. The average molecular weight is 367 g/mol. The summed E-state index contributed by atoms with van der Waals surface area (Å²) in [5, 5.41) is 2.60. The van der Waals surface area contributed by atoms with Crippen LogP contribution in [0.3, 0.4) is 0 Å². The van der Waals surface area contributed by atoms with Crippen LogP contribution in [-0.2, 0) is 9.84 Å². The summed E-state index contributed by atoms with van der Waals surface area (Å²) in [6.07, 6.45) is 2.98. The highest BCUT2D eigenvalue weighted by molar-refractivity contribution is 7.92. The number of hydrogen-bond acceptors (Lipinski definition) is 7. The molecule has 138 valence electrons. The lowest BCUT2D eigenvalue weighted by Gasteiger charge is -2.25. The van der Waals surface area contributed by atoms with E-state index in [0.29, 0.717) is 18.1 Å². The van der Waals surface area contributed by atoms with Crippen LogP contribution in [0.5, 0.6) is 0 Å². The van der Waals surface area contributed by atoms with Gasteiger partial charge < -0.3 is 15.1 Å². The Labute approximate surface area is 148 Å². The number of aromatic nitrogens is 2. The van der Waals surface area contributed by atoms with E-state index >= 15 is 0 Å². The quantitative estimate of drug-likeness (QED) is 0.806. The number of anilines is 1. The molecule has 3 atom stereocenters. The number of carbonyl (C=O) groups excluding carboxylic acids is 1. The van der Waals surface area contributed by atoms with Gasteiger partial charge in [0.1, 0.15) is 0 Å². The van der Waals surface area contributed by atoms with Gasteiger partial charge in [0.05, 0.1) is 16.6 Å². The molecule has 2 saturated heterocycles. The van der Waals surface area contributed by atoms with E-state index < -0.39 is 15.1 Å². The minimum absolute atomic E-state index is 0.0354. The Morgan fingerprint density at radius 3 is 2.48 bits per heavy atom. The first-order valence-corrected chi connectivity index (χ1v) is 10.2. The van der Waals surface area contributed by atoms with Crippen molar-refractivity contribution in [3.63, 3.8) is 0 Å². The molecule has 0 unspecified atom stereocenters. The Hall–Kier alpha value is -1.74. The lowest BCUT2D eigenvalue weighted by atomic mass is 10.00. The first-order valence-electron chi connectivity index (χ1n) is 8.45. The van der Waals surface area contributed by atoms with Gasteiger partial charge >= 0.3 is 0 Å². The number of likely N-dealkylation sites (tertiary alicyclic amines) is 1. The Bertz CT molecular complexity index is 748. The molecule has 3 heterocycles. The highest BCUT2D eigenvalue weighted by Gasteiger charge is 2.53. The van der Waals surface area contributed by atoms with Crippen LogP contribution in [0.4, 0.5) is 5.95 Å². The van der Waals surface area contributed by atoms with Crippen LogP contribution in [0.1, 0.15) is 24.2 Å². The number of nitrogens with one attached hydrogen (secondary N) is 1. The van der Waals surface area contributed by atoms with Crippen molar-refractivity contribution in [2.24, 2.45) is 5.92 Å². The molecule has 8 nitrogen and oxygen atoms in total. The number of carbonyl (C=O) groups is 1. The minimum atomic E-state index is -3.16.